The third kappa shape index (κ3) is 3.18. The molecule has 0 fully saturated rings. The van der Waals surface area contributed by atoms with E-state index in [0.29, 0.717) is 26.1 Å². The van der Waals surface area contributed by atoms with Crippen LogP contribution in [0.2, 0.25) is 0 Å². The van der Waals surface area contributed by atoms with Gasteiger partial charge in [0.25, 0.3) is 0 Å². The Hall–Kier alpha value is 0.0251. The van der Waals surface area contributed by atoms with Crippen molar-refractivity contribution in [2.45, 2.75) is 4.90 Å². The van der Waals surface area contributed by atoms with Gasteiger partial charge in [-0.15, -0.1) is 0 Å². The maximum absolute atomic E-state index is 10.4. The van der Waals surface area contributed by atoms with E-state index in [1.54, 1.807) is 12.1 Å². The summed E-state index contributed by atoms with van der Waals surface area (Å²) in [5, 5.41) is 0. The van der Waals surface area contributed by atoms with Crippen molar-refractivity contribution in [2.24, 2.45) is 0 Å². The van der Waals surface area contributed by atoms with Gasteiger partial charge in [0.1, 0.15) is 0 Å². The third-order valence-electron chi connectivity index (χ3n) is 1.21. The quantitative estimate of drug-likeness (QED) is 0.463. The van der Waals surface area contributed by atoms with Crippen LogP contribution in [0.5, 0.6) is 0 Å². The van der Waals surface area contributed by atoms with Gasteiger partial charge in [-0.1, -0.05) is 0 Å². The van der Waals surface area contributed by atoms with Gasteiger partial charge in [-0.05, 0) is 0 Å². The van der Waals surface area contributed by atoms with Crippen LogP contribution in [0.4, 0.5) is 0 Å². The molecule has 1 rings (SSSR count). The first-order valence-electron chi connectivity index (χ1n) is 2.88. The minimum atomic E-state index is -4.25. The van der Waals surface area contributed by atoms with Gasteiger partial charge in [0.05, 0.1) is 0 Å². The molecule has 0 heterocycles. The summed E-state index contributed by atoms with van der Waals surface area (Å²) in [4.78, 5) is -0.147. The minimum absolute atomic E-state index is 0. The van der Waals surface area contributed by atoms with Crippen molar-refractivity contribution in [3.63, 3.8) is 0 Å². The molecule has 0 aliphatic heterocycles. The Morgan fingerprint density at radius 3 is 1.92 bits per heavy atom. The van der Waals surface area contributed by atoms with E-state index in [9.17, 15) is 13.0 Å². The summed E-state index contributed by atoms with van der Waals surface area (Å²) in [5.41, 5.74) is 0. The second-order valence-electron chi connectivity index (χ2n) is 2.10. The van der Waals surface area contributed by atoms with Crippen LogP contribution < -0.4 is 3.07 Å². The number of hydrogen-bond acceptors (Lipinski definition) is 3. The van der Waals surface area contributed by atoms with E-state index in [1.807, 2.05) is 0 Å². The van der Waals surface area contributed by atoms with Crippen molar-refractivity contribution < 1.29 is 44.6 Å². The molecule has 0 amide bonds. The topological polar surface area (TPSA) is 88.7 Å². The Balaban J connectivity index is 0.00000121. The van der Waals surface area contributed by atoms with Crippen LogP contribution in [0.15, 0.2) is 29.2 Å². The first-order chi connectivity index (χ1) is 5.00. The molecule has 0 saturated carbocycles. The van der Waals surface area contributed by atoms with E-state index in [-0.39, 0.29) is 10.4 Å². The fraction of sp³-hybridized carbons (Fsp3) is 0. The Bertz CT molecular complexity index is 342. The molecule has 0 bridgehead atoms. The van der Waals surface area contributed by atoms with Crippen LogP contribution in [0, 0.1) is 0 Å². The van der Waals surface area contributed by atoms with Crippen molar-refractivity contribution >= 4 is 13.2 Å². The number of rotatable bonds is 1. The van der Waals surface area contributed by atoms with E-state index < -0.39 is 10.1 Å². The maximum atomic E-state index is 10.4. The van der Waals surface area contributed by atoms with Crippen LogP contribution in [0.1, 0.15) is 0 Å². The fourth-order valence-electron chi connectivity index (χ4n) is 0.656. The van der Waals surface area contributed by atoms with Crippen molar-refractivity contribution in [2.75, 3.05) is 0 Å². The van der Waals surface area contributed by atoms with Crippen LogP contribution in [-0.2, 0) is 36.2 Å². The summed E-state index contributed by atoms with van der Waals surface area (Å²) in [7, 11) is -4.25. The molecule has 0 atom stereocenters. The second-order valence-corrected chi connectivity index (χ2v) is 6.65. The molecule has 0 unspecified atom stereocenters. The Labute approximate surface area is 86.6 Å². The van der Waals surface area contributed by atoms with Crippen molar-refractivity contribution in [1.82, 2.24) is 0 Å². The summed E-state index contributed by atoms with van der Waals surface area (Å²) < 4.78 is 32.3. The number of hydrogen-bond donors (Lipinski definition) is 0. The van der Waals surface area contributed by atoms with E-state index in [0.717, 1.165) is 3.07 Å². The molecule has 0 radical (unpaired) electrons. The fourth-order valence-corrected chi connectivity index (χ4v) is 2.04. The molecule has 1 aromatic carbocycles. The zero-order valence-electron chi connectivity index (χ0n) is 6.15. The normalized spacial score (nSPS) is 10.6. The van der Waals surface area contributed by atoms with E-state index in [2.05, 4.69) is 0 Å². The van der Waals surface area contributed by atoms with Gasteiger partial charge in [-0.2, -0.15) is 0 Å². The predicted molar refractivity (Wildman–Crippen MR) is 37.7 cm³/mol. The van der Waals surface area contributed by atoms with Crippen molar-refractivity contribution in [1.29, 1.82) is 0 Å². The summed E-state index contributed by atoms with van der Waals surface area (Å²) >= 11 is 0.478. The van der Waals surface area contributed by atoms with Crippen LogP contribution in [-0.4, -0.2) is 18.4 Å². The molecule has 12 heavy (non-hydrogen) atoms. The molecular formula is C6H6HgO4S-. The zero-order chi connectivity index (χ0) is 8.48. The van der Waals surface area contributed by atoms with Crippen LogP contribution >= 0.6 is 0 Å². The van der Waals surface area contributed by atoms with Gasteiger partial charge in [0.2, 0.25) is 0 Å². The molecule has 0 spiro atoms. The standard InChI is InChI=1S/C6H5O3S.Hg.H2O/c7-10(8,9)6-4-2-1-3-5-6;;/h2-5H,(H,7,8,9);;1H2/p-1. The van der Waals surface area contributed by atoms with Gasteiger partial charge < -0.3 is 5.48 Å². The molecular weight excluding hydrogens is 369 g/mol. The summed E-state index contributed by atoms with van der Waals surface area (Å²) in [6.07, 6.45) is 0. The molecule has 0 aliphatic rings. The average Bonchev–Trinajstić information content (AvgIpc) is 1.86. The summed E-state index contributed by atoms with van der Waals surface area (Å²) in [5.74, 6) is 0. The second kappa shape index (κ2) is 4.31. The van der Waals surface area contributed by atoms with Crippen LogP contribution in [0.3, 0.4) is 0 Å². The molecule has 1 aromatic rings. The van der Waals surface area contributed by atoms with E-state index in [4.69, 9.17) is 0 Å². The molecule has 63 valence electrons. The first-order valence-corrected chi connectivity index (χ1v) is 7.04. The SMILES string of the molecule is O.O=S(=O)([O-])c1cc[c]([Hg])cc1. The zero-order valence-corrected chi connectivity index (χ0v) is 12.5. The van der Waals surface area contributed by atoms with Gasteiger partial charge in [-0.3, -0.25) is 0 Å². The summed E-state index contributed by atoms with van der Waals surface area (Å²) in [6.45, 7) is 0. The Morgan fingerprint density at radius 2 is 1.58 bits per heavy atom. The number of benzene rings is 1. The molecule has 2 N–H and O–H groups in total. The van der Waals surface area contributed by atoms with Gasteiger partial charge in [-0.25, -0.2) is 0 Å². The van der Waals surface area contributed by atoms with Gasteiger partial charge in [0.15, 0.2) is 0 Å². The molecule has 0 aromatic heterocycles. The van der Waals surface area contributed by atoms with Crippen LogP contribution in [0.25, 0.3) is 0 Å². The molecule has 0 saturated heterocycles. The van der Waals surface area contributed by atoms with Gasteiger partial charge >= 0.3 is 81.4 Å². The summed E-state index contributed by atoms with van der Waals surface area (Å²) in [6, 6.07) is 6.05. The molecule has 0 aliphatic carbocycles. The Kier molecular flexibility index (Phi) is 4.32. The van der Waals surface area contributed by atoms with E-state index >= 15 is 0 Å². The van der Waals surface area contributed by atoms with Crippen molar-refractivity contribution in [3.05, 3.63) is 24.3 Å². The van der Waals surface area contributed by atoms with Gasteiger partial charge in [0, 0.05) is 0 Å². The molecule has 6 heteroatoms. The third-order valence-corrected chi connectivity index (χ3v) is 3.89. The van der Waals surface area contributed by atoms with Crippen molar-refractivity contribution in [3.8, 4) is 0 Å². The Morgan fingerprint density at radius 1 is 1.17 bits per heavy atom. The first kappa shape index (κ1) is 12.0. The average molecular weight is 375 g/mol. The molecule has 4 nitrogen and oxygen atoms in total. The monoisotopic (exact) mass is 376 g/mol. The van der Waals surface area contributed by atoms with E-state index in [1.165, 1.54) is 12.1 Å². The predicted octanol–water partition coefficient (Wildman–Crippen LogP) is -1.06.